The lowest BCUT2D eigenvalue weighted by Crippen LogP contribution is -2.20. The molecule has 0 aromatic heterocycles. The summed E-state index contributed by atoms with van der Waals surface area (Å²) in [5.41, 5.74) is 8.46. The van der Waals surface area contributed by atoms with Gasteiger partial charge in [0.2, 0.25) is 0 Å². The molecule has 0 amide bonds. The summed E-state index contributed by atoms with van der Waals surface area (Å²) >= 11 is 0. The fourth-order valence-electron chi connectivity index (χ4n) is 3.39. The van der Waals surface area contributed by atoms with Crippen LogP contribution in [-0.4, -0.2) is 6.54 Å². The van der Waals surface area contributed by atoms with E-state index in [1.807, 2.05) is 0 Å². The molecule has 1 aromatic rings. The van der Waals surface area contributed by atoms with Gasteiger partial charge in [-0.05, 0) is 66.5 Å². The SMILES string of the molecule is CC1=C(C2=CC(CC(C)C)=CCN2)C=C(c2ccccc2)CC1. The average Bonchev–Trinajstić information content (AvgIpc) is 2.56. The summed E-state index contributed by atoms with van der Waals surface area (Å²) < 4.78 is 0. The Morgan fingerprint density at radius 2 is 1.83 bits per heavy atom. The Kier molecular flexibility index (Phi) is 4.85. The second-order valence-corrected chi connectivity index (χ2v) is 7.05. The lowest BCUT2D eigenvalue weighted by Gasteiger charge is -2.24. The normalized spacial score (nSPS) is 18.3. The molecule has 0 fully saturated rings. The van der Waals surface area contributed by atoms with Crippen molar-refractivity contribution in [2.75, 3.05) is 6.54 Å². The first-order valence-corrected chi connectivity index (χ1v) is 8.74. The fraction of sp³-hybridized carbons (Fsp3) is 0.364. The summed E-state index contributed by atoms with van der Waals surface area (Å²) in [7, 11) is 0. The zero-order valence-corrected chi connectivity index (χ0v) is 14.5. The number of hydrogen-bond acceptors (Lipinski definition) is 1. The number of dihydropyridines is 1. The van der Waals surface area contributed by atoms with Crippen LogP contribution < -0.4 is 5.32 Å². The Bertz CT molecular complexity index is 684. The summed E-state index contributed by atoms with van der Waals surface area (Å²) in [6.45, 7) is 7.79. The van der Waals surface area contributed by atoms with Crippen molar-refractivity contribution in [3.8, 4) is 0 Å². The highest BCUT2D eigenvalue weighted by Crippen LogP contribution is 2.33. The highest BCUT2D eigenvalue weighted by molar-refractivity contribution is 5.72. The molecule has 0 saturated heterocycles. The van der Waals surface area contributed by atoms with E-state index in [0.717, 1.165) is 25.8 Å². The summed E-state index contributed by atoms with van der Waals surface area (Å²) in [4.78, 5) is 0. The van der Waals surface area contributed by atoms with Crippen molar-refractivity contribution in [1.29, 1.82) is 0 Å². The maximum absolute atomic E-state index is 3.58. The molecule has 0 spiro atoms. The quantitative estimate of drug-likeness (QED) is 0.759. The average molecular weight is 305 g/mol. The lowest BCUT2D eigenvalue weighted by atomic mass is 9.87. The maximum Gasteiger partial charge on any atom is 0.0418 e. The first-order chi connectivity index (χ1) is 11.1. The minimum Gasteiger partial charge on any atom is -0.381 e. The van der Waals surface area contributed by atoms with Gasteiger partial charge in [0, 0.05) is 12.2 Å². The van der Waals surface area contributed by atoms with E-state index in [-0.39, 0.29) is 0 Å². The van der Waals surface area contributed by atoms with Crippen LogP contribution in [-0.2, 0) is 0 Å². The van der Waals surface area contributed by atoms with Gasteiger partial charge in [-0.25, -0.2) is 0 Å². The zero-order chi connectivity index (χ0) is 16.2. The largest absolute Gasteiger partial charge is 0.381 e. The summed E-state index contributed by atoms with van der Waals surface area (Å²) in [5.74, 6) is 0.703. The summed E-state index contributed by atoms with van der Waals surface area (Å²) in [6.07, 6.45) is 10.5. The molecular weight excluding hydrogens is 278 g/mol. The van der Waals surface area contributed by atoms with Crippen LogP contribution in [0.25, 0.3) is 5.57 Å². The van der Waals surface area contributed by atoms with E-state index < -0.39 is 0 Å². The van der Waals surface area contributed by atoms with E-state index in [0.29, 0.717) is 5.92 Å². The zero-order valence-electron chi connectivity index (χ0n) is 14.5. The van der Waals surface area contributed by atoms with Crippen LogP contribution in [0.5, 0.6) is 0 Å². The predicted molar refractivity (Wildman–Crippen MR) is 100.0 cm³/mol. The van der Waals surface area contributed by atoms with Gasteiger partial charge >= 0.3 is 0 Å². The third-order valence-corrected chi connectivity index (χ3v) is 4.61. The van der Waals surface area contributed by atoms with Crippen molar-refractivity contribution >= 4 is 5.57 Å². The maximum atomic E-state index is 3.58. The van der Waals surface area contributed by atoms with Crippen molar-refractivity contribution in [3.05, 3.63) is 76.5 Å². The van der Waals surface area contributed by atoms with Gasteiger partial charge in [-0.15, -0.1) is 0 Å². The number of rotatable bonds is 4. The number of nitrogens with one attached hydrogen (secondary N) is 1. The molecule has 2 aliphatic rings. The van der Waals surface area contributed by atoms with E-state index in [2.05, 4.69) is 74.6 Å². The molecule has 23 heavy (non-hydrogen) atoms. The molecule has 3 rings (SSSR count). The molecule has 120 valence electrons. The predicted octanol–water partition coefficient (Wildman–Crippen LogP) is 5.64. The van der Waals surface area contributed by atoms with Crippen LogP contribution in [0.15, 0.2) is 71.0 Å². The Morgan fingerprint density at radius 3 is 2.57 bits per heavy atom. The van der Waals surface area contributed by atoms with Gasteiger partial charge in [-0.3, -0.25) is 0 Å². The number of hydrogen-bond donors (Lipinski definition) is 1. The van der Waals surface area contributed by atoms with Crippen LogP contribution in [0.1, 0.15) is 45.6 Å². The molecular formula is C22H27N. The molecule has 0 unspecified atom stereocenters. The Balaban J connectivity index is 1.90. The van der Waals surface area contributed by atoms with Crippen LogP contribution in [0.2, 0.25) is 0 Å². The number of allylic oxidation sites excluding steroid dienone is 5. The van der Waals surface area contributed by atoms with Gasteiger partial charge in [0.25, 0.3) is 0 Å². The first-order valence-electron chi connectivity index (χ1n) is 8.74. The van der Waals surface area contributed by atoms with Gasteiger partial charge < -0.3 is 5.32 Å². The second-order valence-electron chi connectivity index (χ2n) is 7.05. The monoisotopic (exact) mass is 305 g/mol. The van der Waals surface area contributed by atoms with E-state index in [4.69, 9.17) is 0 Å². The summed E-state index contributed by atoms with van der Waals surface area (Å²) in [5, 5.41) is 3.58. The van der Waals surface area contributed by atoms with Crippen molar-refractivity contribution in [2.45, 2.75) is 40.0 Å². The Hall–Kier alpha value is -2.02. The molecule has 1 aliphatic carbocycles. The highest BCUT2D eigenvalue weighted by atomic mass is 14.9. The molecule has 1 aromatic carbocycles. The molecule has 0 saturated carbocycles. The first kappa shape index (κ1) is 15.9. The van der Waals surface area contributed by atoms with Gasteiger partial charge in [-0.2, -0.15) is 0 Å². The van der Waals surface area contributed by atoms with Crippen molar-refractivity contribution in [1.82, 2.24) is 5.32 Å². The Labute approximate surface area is 140 Å². The van der Waals surface area contributed by atoms with Crippen molar-refractivity contribution in [3.63, 3.8) is 0 Å². The smallest absolute Gasteiger partial charge is 0.0418 e. The van der Waals surface area contributed by atoms with E-state index in [9.17, 15) is 0 Å². The molecule has 0 atom stereocenters. The molecule has 1 N–H and O–H groups in total. The van der Waals surface area contributed by atoms with E-state index in [1.165, 1.54) is 33.6 Å². The molecule has 0 bridgehead atoms. The topological polar surface area (TPSA) is 12.0 Å². The second kappa shape index (κ2) is 7.04. The molecule has 1 heteroatoms. The lowest BCUT2D eigenvalue weighted by molar-refractivity contribution is 0.644. The minimum absolute atomic E-state index is 0.703. The van der Waals surface area contributed by atoms with Gasteiger partial charge in [-0.1, -0.05) is 55.8 Å². The van der Waals surface area contributed by atoms with Crippen LogP contribution in [0.4, 0.5) is 0 Å². The third kappa shape index (κ3) is 3.85. The number of benzene rings is 1. The molecule has 1 nitrogen and oxygen atoms in total. The van der Waals surface area contributed by atoms with Crippen molar-refractivity contribution in [2.24, 2.45) is 5.92 Å². The van der Waals surface area contributed by atoms with Gasteiger partial charge in [0.15, 0.2) is 0 Å². The highest BCUT2D eigenvalue weighted by Gasteiger charge is 2.16. The summed E-state index contributed by atoms with van der Waals surface area (Å²) in [6, 6.07) is 10.8. The van der Waals surface area contributed by atoms with Gasteiger partial charge in [0.05, 0.1) is 0 Å². The van der Waals surface area contributed by atoms with Crippen LogP contribution in [0.3, 0.4) is 0 Å². The molecule has 0 radical (unpaired) electrons. The Morgan fingerprint density at radius 1 is 1.04 bits per heavy atom. The molecule has 1 aliphatic heterocycles. The van der Waals surface area contributed by atoms with E-state index >= 15 is 0 Å². The third-order valence-electron chi connectivity index (χ3n) is 4.61. The standard InChI is InChI=1S/C22H27N/c1-16(2)13-18-11-12-23-22(14-18)21-15-20(10-9-17(21)3)19-7-5-4-6-8-19/h4-8,11,14-16,23H,9-10,12-13H2,1-3H3. The van der Waals surface area contributed by atoms with E-state index in [1.54, 1.807) is 0 Å². The fourth-order valence-corrected chi connectivity index (χ4v) is 3.39. The van der Waals surface area contributed by atoms with Gasteiger partial charge in [0.1, 0.15) is 0 Å². The van der Waals surface area contributed by atoms with Crippen LogP contribution >= 0.6 is 0 Å². The van der Waals surface area contributed by atoms with Crippen molar-refractivity contribution < 1.29 is 0 Å². The molecule has 1 heterocycles. The minimum atomic E-state index is 0.703. The van der Waals surface area contributed by atoms with Crippen LogP contribution in [0, 0.1) is 5.92 Å².